The molecule has 0 amide bonds. The van der Waals surface area contributed by atoms with Crippen LogP contribution in [-0.2, 0) is 0 Å². The average Bonchev–Trinajstić information content (AvgIpc) is 2.25. The van der Waals surface area contributed by atoms with E-state index in [2.05, 4.69) is 35.2 Å². The third kappa shape index (κ3) is 5.21. The van der Waals surface area contributed by atoms with Crippen LogP contribution in [0.25, 0.3) is 0 Å². The highest BCUT2D eigenvalue weighted by Gasteiger charge is 1.97. The molecule has 0 aliphatic carbocycles. The van der Waals surface area contributed by atoms with Gasteiger partial charge in [-0.3, -0.25) is 0 Å². The number of rotatable bonds is 7. The van der Waals surface area contributed by atoms with Gasteiger partial charge in [0.25, 0.3) is 0 Å². The Bertz CT molecular complexity index is 296. The van der Waals surface area contributed by atoms with Crippen LogP contribution in [-0.4, -0.2) is 6.61 Å². The van der Waals surface area contributed by atoms with Crippen molar-refractivity contribution in [2.45, 2.75) is 25.7 Å². The van der Waals surface area contributed by atoms with E-state index >= 15 is 0 Å². The second kappa shape index (κ2) is 7.74. The summed E-state index contributed by atoms with van der Waals surface area (Å²) in [7, 11) is 0. The highest BCUT2D eigenvalue weighted by molar-refractivity contribution is 14.1. The van der Waals surface area contributed by atoms with Crippen molar-refractivity contribution in [3.63, 3.8) is 0 Å². The summed E-state index contributed by atoms with van der Waals surface area (Å²) in [5.74, 6) is 1.00. The van der Waals surface area contributed by atoms with Crippen molar-refractivity contribution in [3.8, 4) is 5.75 Å². The monoisotopic (exact) mass is 316 g/mol. The van der Waals surface area contributed by atoms with E-state index in [9.17, 15) is 0 Å². The van der Waals surface area contributed by atoms with Crippen LogP contribution in [0, 0.1) is 3.57 Å². The summed E-state index contributed by atoms with van der Waals surface area (Å²) < 4.78 is 6.87. The first-order valence-corrected chi connectivity index (χ1v) is 6.40. The minimum Gasteiger partial charge on any atom is -0.492 e. The molecule has 0 atom stereocenters. The zero-order valence-electron chi connectivity index (χ0n) is 8.92. The van der Waals surface area contributed by atoms with Gasteiger partial charge in [0.05, 0.1) is 10.2 Å². The summed E-state index contributed by atoms with van der Waals surface area (Å²) in [5, 5.41) is 0. The highest BCUT2D eigenvalue weighted by atomic mass is 127. The van der Waals surface area contributed by atoms with E-state index in [1.54, 1.807) is 0 Å². The maximum atomic E-state index is 5.68. The first-order chi connectivity index (χ1) is 7.34. The van der Waals surface area contributed by atoms with Gasteiger partial charge in [-0.1, -0.05) is 18.2 Å². The topological polar surface area (TPSA) is 9.23 Å². The lowest BCUT2D eigenvalue weighted by Crippen LogP contribution is -1.98. The maximum Gasteiger partial charge on any atom is 0.132 e. The molecule has 0 radical (unpaired) electrons. The van der Waals surface area contributed by atoms with E-state index in [4.69, 9.17) is 4.74 Å². The third-order valence-corrected chi connectivity index (χ3v) is 3.04. The molecular formula is C13H17IO. The lowest BCUT2D eigenvalue weighted by molar-refractivity contribution is 0.303. The molecule has 1 aromatic carbocycles. The number of allylic oxidation sites excluding steroid dienone is 1. The van der Waals surface area contributed by atoms with Gasteiger partial charge in [-0.25, -0.2) is 0 Å². The first-order valence-electron chi connectivity index (χ1n) is 5.33. The summed E-state index contributed by atoms with van der Waals surface area (Å²) >= 11 is 2.30. The number of benzene rings is 1. The summed E-state index contributed by atoms with van der Waals surface area (Å²) in [5.41, 5.74) is 0. The van der Waals surface area contributed by atoms with Crippen molar-refractivity contribution in [3.05, 3.63) is 40.5 Å². The van der Waals surface area contributed by atoms with Crippen molar-refractivity contribution in [1.82, 2.24) is 0 Å². The molecule has 0 fully saturated rings. The van der Waals surface area contributed by atoms with E-state index < -0.39 is 0 Å². The van der Waals surface area contributed by atoms with Crippen LogP contribution in [0.15, 0.2) is 36.9 Å². The van der Waals surface area contributed by atoms with Crippen LogP contribution in [0.5, 0.6) is 5.75 Å². The van der Waals surface area contributed by atoms with Gasteiger partial charge < -0.3 is 4.74 Å². The van der Waals surface area contributed by atoms with Crippen LogP contribution in [0.3, 0.4) is 0 Å². The standard InChI is InChI=1S/C13H17IO/c1-2-3-4-5-8-11-15-13-10-7-6-9-12(13)14/h2,6-7,9-10H,1,3-5,8,11H2. The summed E-state index contributed by atoms with van der Waals surface area (Å²) in [4.78, 5) is 0. The Balaban J connectivity index is 2.15. The molecule has 0 aliphatic heterocycles. The van der Waals surface area contributed by atoms with Crippen LogP contribution in [0.1, 0.15) is 25.7 Å². The van der Waals surface area contributed by atoms with E-state index in [1.165, 1.54) is 16.4 Å². The van der Waals surface area contributed by atoms with Crippen molar-refractivity contribution < 1.29 is 4.74 Å². The Morgan fingerprint density at radius 3 is 2.73 bits per heavy atom. The van der Waals surface area contributed by atoms with Gasteiger partial charge in [0.15, 0.2) is 0 Å². The Morgan fingerprint density at radius 2 is 2.00 bits per heavy atom. The number of unbranched alkanes of at least 4 members (excludes halogenated alkanes) is 3. The minimum absolute atomic E-state index is 0.817. The van der Waals surface area contributed by atoms with Crippen LogP contribution in [0.2, 0.25) is 0 Å². The molecular weight excluding hydrogens is 299 g/mol. The molecule has 0 aliphatic rings. The van der Waals surface area contributed by atoms with Gasteiger partial charge in [0, 0.05) is 0 Å². The molecule has 2 heteroatoms. The lowest BCUT2D eigenvalue weighted by Gasteiger charge is -2.07. The lowest BCUT2D eigenvalue weighted by atomic mass is 10.2. The zero-order chi connectivity index (χ0) is 10.9. The van der Waals surface area contributed by atoms with Gasteiger partial charge in [-0.15, -0.1) is 6.58 Å². The smallest absolute Gasteiger partial charge is 0.132 e. The SMILES string of the molecule is C=CCCCCCOc1ccccc1I. The van der Waals surface area contributed by atoms with Gasteiger partial charge >= 0.3 is 0 Å². The number of hydrogen-bond donors (Lipinski definition) is 0. The molecule has 82 valence electrons. The second-order valence-corrected chi connectivity index (χ2v) is 4.58. The molecule has 1 aromatic rings. The molecule has 0 unspecified atom stereocenters. The van der Waals surface area contributed by atoms with Crippen molar-refractivity contribution in [2.24, 2.45) is 0 Å². The molecule has 15 heavy (non-hydrogen) atoms. The van der Waals surface area contributed by atoms with E-state index in [0.717, 1.165) is 25.2 Å². The molecule has 0 N–H and O–H groups in total. The molecule has 0 heterocycles. The molecule has 0 bridgehead atoms. The summed E-state index contributed by atoms with van der Waals surface area (Å²) in [6.07, 6.45) is 6.65. The van der Waals surface area contributed by atoms with Crippen LogP contribution >= 0.6 is 22.6 Å². The number of para-hydroxylation sites is 1. The second-order valence-electron chi connectivity index (χ2n) is 3.42. The summed E-state index contributed by atoms with van der Waals surface area (Å²) in [6.45, 7) is 4.52. The Kier molecular flexibility index (Phi) is 6.48. The number of ether oxygens (including phenoxy) is 1. The highest BCUT2D eigenvalue weighted by Crippen LogP contribution is 2.19. The van der Waals surface area contributed by atoms with Gasteiger partial charge in [0.2, 0.25) is 0 Å². The Hall–Kier alpha value is -0.510. The fourth-order valence-corrected chi connectivity index (χ4v) is 1.85. The number of hydrogen-bond acceptors (Lipinski definition) is 1. The third-order valence-electron chi connectivity index (χ3n) is 2.15. The zero-order valence-corrected chi connectivity index (χ0v) is 11.1. The van der Waals surface area contributed by atoms with Crippen molar-refractivity contribution >= 4 is 22.6 Å². The maximum absolute atomic E-state index is 5.68. The van der Waals surface area contributed by atoms with Crippen molar-refractivity contribution in [2.75, 3.05) is 6.61 Å². The Morgan fingerprint density at radius 1 is 1.20 bits per heavy atom. The normalized spacial score (nSPS) is 9.93. The molecule has 0 spiro atoms. The molecule has 0 saturated carbocycles. The molecule has 1 rings (SSSR count). The molecule has 0 saturated heterocycles. The minimum atomic E-state index is 0.817. The fraction of sp³-hybridized carbons (Fsp3) is 0.385. The molecule has 1 nitrogen and oxygen atoms in total. The van der Waals surface area contributed by atoms with Gasteiger partial charge in [-0.05, 0) is 60.4 Å². The fourth-order valence-electron chi connectivity index (χ4n) is 1.31. The van der Waals surface area contributed by atoms with E-state index in [0.29, 0.717) is 0 Å². The predicted octanol–water partition coefficient (Wildman–Crippen LogP) is 4.42. The predicted molar refractivity (Wildman–Crippen MR) is 73.3 cm³/mol. The van der Waals surface area contributed by atoms with Crippen LogP contribution in [0.4, 0.5) is 0 Å². The Labute approximate surface area is 106 Å². The molecule has 0 aromatic heterocycles. The van der Waals surface area contributed by atoms with E-state index in [-0.39, 0.29) is 0 Å². The van der Waals surface area contributed by atoms with Crippen LogP contribution < -0.4 is 4.74 Å². The first kappa shape index (κ1) is 12.6. The van der Waals surface area contributed by atoms with Gasteiger partial charge in [0.1, 0.15) is 5.75 Å². The summed E-state index contributed by atoms with van der Waals surface area (Å²) in [6, 6.07) is 8.12. The number of halogens is 1. The van der Waals surface area contributed by atoms with Crippen molar-refractivity contribution in [1.29, 1.82) is 0 Å². The largest absolute Gasteiger partial charge is 0.492 e. The van der Waals surface area contributed by atoms with Gasteiger partial charge in [-0.2, -0.15) is 0 Å². The quantitative estimate of drug-likeness (QED) is 0.411. The van der Waals surface area contributed by atoms with E-state index in [1.807, 2.05) is 24.3 Å². The average molecular weight is 316 g/mol.